The number of aromatic nitrogens is 2. The number of fused-ring (bicyclic) bond motifs is 1. The molecule has 2 N–H and O–H groups in total. The fourth-order valence-corrected chi connectivity index (χ4v) is 2.80. The summed E-state index contributed by atoms with van der Waals surface area (Å²) in [7, 11) is -3.48. The van der Waals surface area contributed by atoms with Crippen LogP contribution in [0.5, 0.6) is 0 Å². The molecule has 92 valence electrons. The van der Waals surface area contributed by atoms with Crippen molar-refractivity contribution < 1.29 is 8.42 Å². The molecule has 0 atom stereocenters. The molecule has 0 amide bonds. The van der Waals surface area contributed by atoms with Crippen LogP contribution in [0.15, 0.2) is 18.2 Å². The Bertz CT molecular complexity index is 671. The van der Waals surface area contributed by atoms with E-state index >= 15 is 0 Å². The number of hydrogen-bond donors (Lipinski definition) is 1. The van der Waals surface area contributed by atoms with Crippen LogP contribution in [0.2, 0.25) is 0 Å². The number of nitrogen functional groups attached to an aromatic ring is 1. The van der Waals surface area contributed by atoms with Gasteiger partial charge in [-0.05, 0) is 38.5 Å². The highest BCUT2D eigenvalue weighted by molar-refractivity contribution is 7.90. The monoisotopic (exact) mass is 253 g/mol. The van der Waals surface area contributed by atoms with Crippen molar-refractivity contribution in [2.75, 3.05) is 5.73 Å². The molecule has 0 fully saturated rings. The van der Waals surface area contributed by atoms with E-state index < -0.39 is 15.3 Å². The SMILES string of the molecule is Cc1ccc2nc(N)n(S(=O)(=O)C(C)C)c2c1. The van der Waals surface area contributed by atoms with Crippen molar-refractivity contribution in [3.63, 3.8) is 0 Å². The molecule has 0 saturated carbocycles. The second kappa shape index (κ2) is 3.73. The van der Waals surface area contributed by atoms with Crippen molar-refractivity contribution in [1.29, 1.82) is 0 Å². The maximum Gasteiger partial charge on any atom is 0.244 e. The lowest BCUT2D eigenvalue weighted by Gasteiger charge is -2.11. The lowest BCUT2D eigenvalue weighted by Crippen LogP contribution is -2.23. The van der Waals surface area contributed by atoms with Gasteiger partial charge in [-0.3, -0.25) is 0 Å². The first-order valence-corrected chi connectivity index (χ1v) is 6.83. The average molecular weight is 253 g/mol. The van der Waals surface area contributed by atoms with Gasteiger partial charge in [-0.2, -0.15) is 0 Å². The van der Waals surface area contributed by atoms with Crippen LogP contribution in [-0.4, -0.2) is 22.6 Å². The molecule has 17 heavy (non-hydrogen) atoms. The molecule has 1 aromatic carbocycles. The Morgan fingerprint density at radius 2 is 2.00 bits per heavy atom. The van der Waals surface area contributed by atoms with Gasteiger partial charge in [0.1, 0.15) is 0 Å². The Labute approximate surface area is 100 Å². The molecule has 1 heterocycles. The van der Waals surface area contributed by atoms with Gasteiger partial charge in [-0.1, -0.05) is 6.07 Å². The summed E-state index contributed by atoms with van der Waals surface area (Å²) in [6.07, 6.45) is 0. The van der Waals surface area contributed by atoms with Crippen molar-refractivity contribution in [2.24, 2.45) is 0 Å². The zero-order valence-electron chi connectivity index (χ0n) is 10.0. The quantitative estimate of drug-likeness (QED) is 0.880. The van der Waals surface area contributed by atoms with Crippen LogP contribution in [0, 0.1) is 6.92 Å². The predicted molar refractivity (Wildman–Crippen MR) is 68.3 cm³/mol. The molecule has 2 aromatic rings. The van der Waals surface area contributed by atoms with E-state index in [1.807, 2.05) is 13.0 Å². The fourth-order valence-electron chi connectivity index (χ4n) is 1.66. The number of nitrogens with zero attached hydrogens (tertiary/aromatic N) is 2. The van der Waals surface area contributed by atoms with Gasteiger partial charge in [0.15, 0.2) is 0 Å². The Balaban J connectivity index is 2.86. The maximum atomic E-state index is 12.2. The van der Waals surface area contributed by atoms with Crippen LogP contribution in [-0.2, 0) is 10.0 Å². The Kier molecular flexibility index (Phi) is 2.61. The highest BCUT2D eigenvalue weighted by atomic mass is 32.2. The molecule has 0 aliphatic rings. The number of imidazole rings is 1. The normalized spacial score (nSPS) is 12.5. The third kappa shape index (κ3) is 1.78. The van der Waals surface area contributed by atoms with Gasteiger partial charge in [-0.25, -0.2) is 17.4 Å². The molecular formula is C11H15N3O2S. The molecule has 0 radical (unpaired) electrons. The molecule has 5 nitrogen and oxygen atoms in total. The summed E-state index contributed by atoms with van der Waals surface area (Å²) in [5, 5.41) is -0.539. The highest BCUT2D eigenvalue weighted by Crippen LogP contribution is 2.23. The van der Waals surface area contributed by atoms with Crippen molar-refractivity contribution in [3.05, 3.63) is 23.8 Å². The molecule has 2 rings (SSSR count). The summed E-state index contributed by atoms with van der Waals surface area (Å²) < 4.78 is 25.5. The van der Waals surface area contributed by atoms with E-state index in [0.29, 0.717) is 11.0 Å². The van der Waals surface area contributed by atoms with Crippen molar-refractivity contribution >= 4 is 27.0 Å². The number of nitrogens with two attached hydrogens (primary N) is 1. The Morgan fingerprint density at radius 1 is 1.35 bits per heavy atom. The molecular weight excluding hydrogens is 238 g/mol. The first kappa shape index (κ1) is 11.9. The first-order chi connectivity index (χ1) is 7.84. The van der Waals surface area contributed by atoms with Crippen molar-refractivity contribution in [2.45, 2.75) is 26.0 Å². The predicted octanol–water partition coefficient (Wildman–Crippen LogP) is 1.51. The zero-order valence-corrected chi connectivity index (χ0v) is 10.8. The zero-order chi connectivity index (χ0) is 12.8. The van der Waals surface area contributed by atoms with Crippen LogP contribution in [0.25, 0.3) is 11.0 Å². The minimum atomic E-state index is -3.48. The van der Waals surface area contributed by atoms with E-state index in [9.17, 15) is 8.42 Å². The number of rotatable bonds is 2. The van der Waals surface area contributed by atoms with E-state index in [4.69, 9.17) is 5.73 Å². The Morgan fingerprint density at radius 3 is 2.59 bits per heavy atom. The van der Waals surface area contributed by atoms with Crippen molar-refractivity contribution in [1.82, 2.24) is 8.96 Å². The van der Waals surface area contributed by atoms with Crippen LogP contribution in [0.1, 0.15) is 19.4 Å². The molecule has 6 heteroatoms. The van der Waals surface area contributed by atoms with Crippen LogP contribution in [0.4, 0.5) is 5.95 Å². The van der Waals surface area contributed by atoms with E-state index in [2.05, 4.69) is 4.98 Å². The molecule has 0 aliphatic carbocycles. The molecule has 0 spiro atoms. The number of benzene rings is 1. The minimum Gasteiger partial charge on any atom is -0.368 e. The third-order valence-corrected chi connectivity index (χ3v) is 4.73. The molecule has 0 saturated heterocycles. The molecule has 0 unspecified atom stereocenters. The topological polar surface area (TPSA) is 78.0 Å². The Hall–Kier alpha value is -1.56. The number of hydrogen-bond acceptors (Lipinski definition) is 4. The van der Waals surface area contributed by atoms with Gasteiger partial charge in [0, 0.05) is 0 Å². The maximum absolute atomic E-state index is 12.2. The summed E-state index contributed by atoms with van der Waals surface area (Å²) in [4.78, 5) is 4.06. The minimum absolute atomic E-state index is 0.0132. The molecule has 0 aliphatic heterocycles. The van der Waals surface area contributed by atoms with Gasteiger partial charge in [0.25, 0.3) is 0 Å². The smallest absolute Gasteiger partial charge is 0.244 e. The summed E-state index contributed by atoms with van der Waals surface area (Å²) >= 11 is 0. The number of anilines is 1. The first-order valence-electron chi connectivity index (χ1n) is 5.33. The van der Waals surface area contributed by atoms with Crippen LogP contribution in [0.3, 0.4) is 0 Å². The van der Waals surface area contributed by atoms with E-state index in [-0.39, 0.29) is 5.95 Å². The fraction of sp³-hybridized carbons (Fsp3) is 0.364. The van der Waals surface area contributed by atoms with Gasteiger partial charge < -0.3 is 5.73 Å². The average Bonchev–Trinajstić information content (AvgIpc) is 2.53. The summed E-state index contributed by atoms with van der Waals surface area (Å²) in [5.41, 5.74) is 7.80. The van der Waals surface area contributed by atoms with Crippen molar-refractivity contribution in [3.8, 4) is 0 Å². The van der Waals surface area contributed by atoms with Crippen LogP contribution < -0.4 is 5.73 Å². The van der Waals surface area contributed by atoms with Gasteiger partial charge in [0.05, 0.1) is 16.3 Å². The van der Waals surface area contributed by atoms with E-state index in [1.54, 1.807) is 26.0 Å². The van der Waals surface area contributed by atoms with Gasteiger partial charge >= 0.3 is 0 Å². The second-order valence-corrected chi connectivity index (χ2v) is 6.66. The third-order valence-electron chi connectivity index (χ3n) is 2.64. The van der Waals surface area contributed by atoms with Gasteiger partial charge in [-0.15, -0.1) is 0 Å². The number of aryl methyl sites for hydroxylation is 1. The summed E-state index contributed by atoms with van der Waals surface area (Å²) in [6, 6.07) is 5.42. The summed E-state index contributed by atoms with van der Waals surface area (Å²) in [5.74, 6) is 0.0132. The van der Waals surface area contributed by atoms with Crippen LogP contribution >= 0.6 is 0 Å². The summed E-state index contributed by atoms with van der Waals surface area (Å²) in [6.45, 7) is 5.14. The molecule has 0 bridgehead atoms. The standard InChI is InChI=1S/C11H15N3O2S/c1-7(2)17(15,16)14-10-6-8(3)4-5-9(10)13-11(14)12/h4-7H,1-3H3,(H2,12,13). The lowest BCUT2D eigenvalue weighted by atomic mass is 10.2. The van der Waals surface area contributed by atoms with Gasteiger partial charge in [0.2, 0.25) is 16.0 Å². The highest BCUT2D eigenvalue weighted by Gasteiger charge is 2.24. The molecule has 1 aromatic heterocycles. The van der Waals surface area contributed by atoms with E-state index in [1.165, 1.54) is 0 Å². The second-order valence-electron chi connectivity index (χ2n) is 4.32. The largest absolute Gasteiger partial charge is 0.368 e. The van der Waals surface area contributed by atoms with E-state index in [0.717, 1.165) is 9.54 Å². The lowest BCUT2D eigenvalue weighted by molar-refractivity contribution is 0.580.